The number of amides is 2. The third kappa shape index (κ3) is 2.19. The Hall–Kier alpha value is -2.10. The maximum absolute atomic E-state index is 12.8. The first-order valence-corrected chi connectivity index (χ1v) is 8.49. The molecule has 0 unspecified atom stereocenters. The smallest absolute Gasteiger partial charge is 0.238 e. The Morgan fingerprint density at radius 3 is 2.04 bits per heavy atom. The van der Waals surface area contributed by atoms with Crippen molar-refractivity contribution < 1.29 is 14.3 Å². The van der Waals surface area contributed by atoms with Crippen LogP contribution in [0.15, 0.2) is 36.4 Å². The fourth-order valence-electron chi connectivity index (χ4n) is 4.24. The fraction of sp³-hybridized carbons (Fsp3) is 0.474. The van der Waals surface area contributed by atoms with Crippen LogP contribution in [0.2, 0.25) is 0 Å². The number of carbonyl (C=O) groups is 2. The highest BCUT2D eigenvalue weighted by Gasteiger charge is 2.56. The summed E-state index contributed by atoms with van der Waals surface area (Å²) in [7, 11) is 0. The van der Waals surface area contributed by atoms with Crippen LogP contribution in [-0.2, 0) is 9.59 Å². The number of allylic oxidation sites excluding steroid dienone is 2. The van der Waals surface area contributed by atoms with E-state index in [4.69, 9.17) is 4.74 Å². The minimum absolute atomic E-state index is 0.0266. The average Bonchev–Trinajstić information content (AvgIpc) is 2.88. The summed E-state index contributed by atoms with van der Waals surface area (Å²) in [5.74, 6) is 0.887. The Morgan fingerprint density at radius 2 is 1.57 bits per heavy atom. The van der Waals surface area contributed by atoms with E-state index >= 15 is 0 Å². The molecule has 120 valence electrons. The summed E-state index contributed by atoms with van der Waals surface area (Å²) >= 11 is 0. The van der Waals surface area contributed by atoms with Crippen molar-refractivity contribution in [1.82, 2.24) is 0 Å². The largest absolute Gasteiger partial charge is 0.494 e. The van der Waals surface area contributed by atoms with Gasteiger partial charge in [0.15, 0.2) is 0 Å². The Bertz CT molecular complexity index is 632. The van der Waals surface area contributed by atoms with Gasteiger partial charge in [-0.3, -0.25) is 14.5 Å². The molecule has 23 heavy (non-hydrogen) atoms. The van der Waals surface area contributed by atoms with Gasteiger partial charge in [0.05, 0.1) is 24.1 Å². The van der Waals surface area contributed by atoms with Gasteiger partial charge in [0.2, 0.25) is 11.8 Å². The molecule has 0 radical (unpaired) electrons. The van der Waals surface area contributed by atoms with Crippen molar-refractivity contribution in [3.8, 4) is 5.75 Å². The summed E-state index contributed by atoms with van der Waals surface area (Å²) < 4.78 is 5.57. The molecule has 4 atom stereocenters. The summed E-state index contributed by atoms with van der Waals surface area (Å²) in [5, 5.41) is 0. The first-order valence-electron chi connectivity index (χ1n) is 8.49. The van der Waals surface area contributed by atoms with Crippen molar-refractivity contribution in [3.63, 3.8) is 0 Å². The lowest BCUT2D eigenvalue weighted by molar-refractivity contribution is -0.124. The molecule has 1 aromatic rings. The third-order valence-electron chi connectivity index (χ3n) is 5.33. The summed E-state index contributed by atoms with van der Waals surface area (Å²) in [4.78, 5) is 27.1. The van der Waals surface area contributed by atoms with Crippen LogP contribution in [0.1, 0.15) is 26.2 Å². The lowest BCUT2D eigenvalue weighted by atomic mass is 9.63. The maximum atomic E-state index is 12.8. The van der Waals surface area contributed by atoms with E-state index in [-0.39, 0.29) is 35.5 Å². The molecule has 4 nitrogen and oxygen atoms in total. The zero-order valence-corrected chi connectivity index (χ0v) is 13.3. The Morgan fingerprint density at radius 1 is 1.00 bits per heavy atom. The number of rotatable bonds is 4. The van der Waals surface area contributed by atoms with Crippen molar-refractivity contribution in [1.29, 1.82) is 0 Å². The summed E-state index contributed by atoms with van der Waals surface area (Å²) in [6.07, 6.45) is 7.29. The molecule has 0 spiro atoms. The number of carbonyl (C=O) groups excluding carboxylic acids is 2. The number of ether oxygens (including phenoxy) is 1. The Kier molecular flexibility index (Phi) is 3.47. The average molecular weight is 311 g/mol. The molecule has 1 heterocycles. The van der Waals surface area contributed by atoms with Gasteiger partial charge in [-0.2, -0.15) is 0 Å². The quantitative estimate of drug-likeness (QED) is 0.634. The van der Waals surface area contributed by atoms with Gasteiger partial charge < -0.3 is 4.74 Å². The molecule has 2 bridgehead atoms. The van der Waals surface area contributed by atoms with E-state index in [2.05, 4.69) is 19.1 Å². The first-order chi connectivity index (χ1) is 11.2. The number of benzene rings is 1. The van der Waals surface area contributed by atoms with Crippen LogP contribution in [0.25, 0.3) is 0 Å². The number of nitrogens with zero attached hydrogens (tertiary/aromatic N) is 1. The highest BCUT2D eigenvalue weighted by molar-refractivity contribution is 6.22. The molecule has 4 aliphatic rings. The minimum Gasteiger partial charge on any atom is -0.494 e. The highest BCUT2D eigenvalue weighted by Crippen LogP contribution is 2.50. The normalized spacial score (nSPS) is 31.6. The summed E-state index contributed by atoms with van der Waals surface area (Å²) in [5.41, 5.74) is 0.664. The van der Waals surface area contributed by atoms with Crippen LogP contribution in [0.3, 0.4) is 0 Å². The molecule has 2 fully saturated rings. The number of hydrogen-bond donors (Lipinski definition) is 0. The van der Waals surface area contributed by atoms with Crippen molar-refractivity contribution in [2.24, 2.45) is 23.7 Å². The predicted octanol–water partition coefficient (Wildman–Crippen LogP) is 3.18. The van der Waals surface area contributed by atoms with E-state index in [0.717, 1.165) is 25.0 Å². The fourth-order valence-corrected chi connectivity index (χ4v) is 4.24. The minimum atomic E-state index is -0.151. The molecule has 1 aliphatic heterocycles. The van der Waals surface area contributed by atoms with Crippen LogP contribution in [0.5, 0.6) is 5.75 Å². The second kappa shape index (κ2) is 5.52. The van der Waals surface area contributed by atoms with Crippen LogP contribution in [0, 0.1) is 23.7 Å². The second-order valence-electron chi connectivity index (χ2n) is 6.70. The number of anilines is 1. The first kappa shape index (κ1) is 14.5. The molecule has 5 rings (SSSR count). The van der Waals surface area contributed by atoms with E-state index in [1.54, 1.807) is 0 Å². The molecule has 3 aliphatic carbocycles. The SMILES string of the molecule is CCCOc1ccc(N2C(=O)[C@@H]3[C@@H](C2=O)[C@@H]2C=C[C@@H]3CC2)cc1. The molecule has 1 saturated carbocycles. The van der Waals surface area contributed by atoms with Crippen molar-refractivity contribution in [2.45, 2.75) is 26.2 Å². The number of imide groups is 1. The van der Waals surface area contributed by atoms with Gasteiger partial charge in [0, 0.05) is 0 Å². The number of hydrogen-bond acceptors (Lipinski definition) is 3. The van der Waals surface area contributed by atoms with Gasteiger partial charge in [-0.15, -0.1) is 0 Å². The molecule has 2 amide bonds. The van der Waals surface area contributed by atoms with E-state index in [1.165, 1.54) is 4.90 Å². The van der Waals surface area contributed by atoms with E-state index in [1.807, 2.05) is 24.3 Å². The van der Waals surface area contributed by atoms with Gasteiger partial charge in [0.1, 0.15) is 5.75 Å². The molecule has 1 saturated heterocycles. The van der Waals surface area contributed by atoms with Gasteiger partial charge in [-0.25, -0.2) is 0 Å². The molecule has 0 aromatic heterocycles. The van der Waals surface area contributed by atoms with Crippen molar-refractivity contribution in [2.75, 3.05) is 11.5 Å². The Labute approximate surface area is 136 Å². The van der Waals surface area contributed by atoms with Gasteiger partial charge >= 0.3 is 0 Å². The lowest BCUT2D eigenvalue weighted by Gasteiger charge is -2.38. The van der Waals surface area contributed by atoms with Crippen LogP contribution in [0.4, 0.5) is 5.69 Å². The Balaban J connectivity index is 1.60. The van der Waals surface area contributed by atoms with Crippen LogP contribution >= 0.6 is 0 Å². The van der Waals surface area contributed by atoms with Gasteiger partial charge in [-0.1, -0.05) is 19.1 Å². The maximum Gasteiger partial charge on any atom is 0.238 e. The second-order valence-corrected chi connectivity index (χ2v) is 6.70. The molecule has 4 heteroatoms. The zero-order valence-electron chi connectivity index (χ0n) is 13.3. The topological polar surface area (TPSA) is 46.6 Å². The zero-order chi connectivity index (χ0) is 16.0. The van der Waals surface area contributed by atoms with Crippen LogP contribution < -0.4 is 9.64 Å². The van der Waals surface area contributed by atoms with Gasteiger partial charge in [-0.05, 0) is 55.4 Å². The lowest BCUT2D eigenvalue weighted by Crippen LogP contribution is -2.38. The van der Waals surface area contributed by atoms with Crippen LogP contribution in [-0.4, -0.2) is 18.4 Å². The van der Waals surface area contributed by atoms with Gasteiger partial charge in [0.25, 0.3) is 0 Å². The standard InChI is InChI=1S/C19H21NO3/c1-2-11-23-15-9-7-14(8-10-15)20-18(21)16-12-3-4-13(6-5-12)17(16)19(20)22/h3-4,7-10,12-13,16-17H,2,5-6,11H2,1H3/t12-,13-,16+,17+/m1/s1. The van der Waals surface area contributed by atoms with Crippen molar-refractivity contribution in [3.05, 3.63) is 36.4 Å². The molecule has 0 N–H and O–H groups in total. The molecular formula is C19H21NO3. The predicted molar refractivity (Wildman–Crippen MR) is 87.1 cm³/mol. The van der Waals surface area contributed by atoms with E-state index < -0.39 is 0 Å². The van der Waals surface area contributed by atoms with Crippen molar-refractivity contribution >= 4 is 17.5 Å². The van der Waals surface area contributed by atoms with E-state index in [9.17, 15) is 9.59 Å². The summed E-state index contributed by atoms with van der Waals surface area (Å²) in [6, 6.07) is 7.29. The highest BCUT2D eigenvalue weighted by atomic mass is 16.5. The van der Waals surface area contributed by atoms with E-state index in [0.29, 0.717) is 12.3 Å². The third-order valence-corrected chi connectivity index (χ3v) is 5.33. The monoisotopic (exact) mass is 311 g/mol. The molecule has 1 aromatic carbocycles. The molecular weight excluding hydrogens is 290 g/mol. The summed E-state index contributed by atoms with van der Waals surface area (Å²) in [6.45, 7) is 2.72. The number of fused-ring (bicyclic) bond motifs is 1.